The first-order valence-corrected chi connectivity index (χ1v) is 7.56. The summed E-state index contributed by atoms with van der Waals surface area (Å²) < 4.78 is 37.9. The third-order valence-corrected chi connectivity index (χ3v) is 4.23. The lowest BCUT2D eigenvalue weighted by Crippen LogP contribution is -2.37. The van der Waals surface area contributed by atoms with Crippen LogP contribution in [0.1, 0.15) is 39.6 Å². The number of carbonyl (C=O) groups excluding carboxylic acids is 1. The summed E-state index contributed by atoms with van der Waals surface area (Å²) in [6.07, 6.45) is -4.68. The molecule has 0 bridgehead atoms. The summed E-state index contributed by atoms with van der Waals surface area (Å²) in [6.45, 7) is 2.16. The van der Waals surface area contributed by atoms with Crippen LogP contribution in [0, 0.1) is 6.92 Å². The Morgan fingerprint density at radius 2 is 1.83 bits per heavy atom. The average molecular weight is 335 g/mol. The highest BCUT2D eigenvalue weighted by molar-refractivity contribution is 6.07. The summed E-state index contributed by atoms with van der Waals surface area (Å²) in [5, 5.41) is 10.1. The summed E-state index contributed by atoms with van der Waals surface area (Å²) >= 11 is 0. The van der Waals surface area contributed by atoms with E-state index in [0.717, 1.165) is 17.7 Å². The molecule has 0 saturated carbocycles. The van der Waals surface area contributed by atoms with Crippen LogP contribution in [0.3, 0.4) is 0 Å². The van der Waals surface area contributed by atoms with Gasteiger partial charge in [0.05, 0.1) is 17.4 Å². The Morgan fingerprint density at radius 3 is 2.46 bits per heavy atom. The number of halogens is 3. The van der Waals surface area contributed by atoms with E-state index in [9.17, 15) is 23.1 Å². The largest absolute Gasteiger partial charge is 0.416 e. The summed E-state index contributed by atoms with van der Waals surface area (Å²) in [4.78, 5) is 14.3. The second-order valence-electron chi connectivity index (χ2n) is 5.85. The molecular formula is C18H16F3NO2. The third kappa shape index (κ3) is 2.89. The fourth-order valence-corrected chi connectivity index (χ4v) is 3.00. The van der Waals surface area contributed by atoms with Crippen molar-refractivity contribution in [1.29, 1.82) is 0 Å². The molecule has 126 valence electrons. The molecule has 0 saturated heterocycles. The molecule has 1 heterocycles. The standard InChI is InChI=1S/C18H16F3NO2/c1-11-3-2-4-14-15(23)9-10-22(16(11)14)17(24)12-5-7-13(8-6-12)18(19,20)21/h2-8,15,23H,9-10H2,1H3. The molecule has 6 heteroatoms. The van der Waals surface area contributed by atoms with E-state index in [0.29, 0.717) is 24.2 Å². The maximum absolute atomic E-state index is 12.7. The maximum Gasteiger partial charge on any atom is 0.416 e. The smallest absolute Gasteiger partial charge is 0.388 e. The van der Waals surface area contributed by atoms with Crippen LogP contribution in [0.25, 0.3) is 0 Å². The number of rotatable bonds is 1. The van der Waals surface area contributed by atoms with Crippen LogP contribution in [-0.2, 0) is 6.18 Å². The number of nitrogens with zero attached hydrogens (tertiary/aromatic N) is 1. The number of benzene rings is 2. The molecular weight excluding hydrogens is 319 g/mol. The second kappa shape index (κ2) is 5.94. The zero-order valence-electron chi connectivity index (χ0n) is 13.0. The van der Waals surface area contributed by atoms with Crippen molar-refractivity contribution in [2.75, 3.05) is 11.4 Å². The molecule has 1 amide bonds. The van der Waals surface area contributed by atoms with Gasteiger partial charge in [-0.3, -0.25) is 4.79 Å². The summed E-state index contributed by atoms with van der Waals surface area (Å²) in [7, 11) is 0. The third-order valence-electron chi connectivity index (χ3n) is 4.23. The molecule has 1 N–H and O–H groups in total. The molecule has 1 atom stereocenters. The van der Waals surface area contributed by atoms with Gasteiger partial charge in [0.25, 0.3) is 5.91 Å². The Bertz CT molecular complexity index is 769. The second-order valence-corrected chi connectivity index (χ2v) is 5.85. The van der Waals surface area contributed by atoms with Crippen LogP contribution in [0.5, 0.6) is 0 Å². The molecule has 2 aromatic rings. The number of amides is 1. The van der Waals surface area contributed by atoms with Gasteiger partial charge in [-0.15, -0.1) is 0 Å². The zero-order valence-corrected chi connectivity index (χ0v) is 13.0. The summed E-state index contributed by atoms with van der Waals surface area (Å²) in [5.41, 5.74) is 1.55. The molecule has 1 aliphatic rings. The molecule has 3 nitrogen and oxygen atoms in total. The number of aliphatic hydroxyl groups is 1. The Kier molecular flexibility index (Phi) is 4.09. The molecule has 2 aromatic carbocycles. The number of fused-ring (bicyclic) bond motifs is 1. The van der Waals surface area contributed by atoms with Crippen LogP contribution in [0.15, 0.2) is 42.5 Å². The van der Waals surface area contributed by atoms with Gasteiger partial charge < -0.3 is 10.0 Å². The first-order valence-electron chi connectivity index (χ1n) is 7.56. The van der Waals surface area contributed by atoms with E-state index < -0.39 is 17.8 Å². The van der Waals surface area contributed by atoms with Crippen molar-refractivity contribution in [3.8, 4) is 0 Å². The minimum atomic E-state index is -4.43. The van der Waals surface area contributed by atoms with Gasteiger partial charge in [0, 0.05) is 17.7 Å². The van der Waals surface area contributed by atoms with Crippen molar-refractivity contribution in [2.24, 2.45) is 0 Å². The van der Waals surface area contributed by atoms with Crippen molar-refractivity contribution in [3.05, 3.63) is 64.7 Å². The van der Waals surface area contributed by atoms with E-state index in [1.165, 1.54) is 17.0 Å². The number of carbonyl (C=O) groups is 1. The normalized spacial score (nSPS) is 17.5. The fourth-order valence-electron chi connectivity index (χ4n) is 3.00. The minimum Gasteiger partial charge on any atom is -0.388 e. The highest BCUT2D eigenvalue weighted by Crippen LogP contribution is 2.37. The van der Waals surface area contributed by atoms with Crippen molar-refractivity contribution < 1.29 is 23.1 Å². The van der Waals surface area contributed by atoms with Crippen molar-refractivity contribution in [3.63, 3.8) is 0 Å². The van der Waals surface area contributed by atoms with Gasteiger partial charge in [0.15, 0.2) is 0 Å². The average Bonchev–Trinajstić information content (AvgIpc) is 2.55. The van der Waals surface area contributed by atoms with Gasteiger partial charge in [0.2, 0.25) is 0 Å². The number of aliphatic hydroxyl groups excluding tert-OH is 1. The molecule has 0 aromatic heterocycles. The monoisotopic (exact) mass is 335 g/mol. The van der Waals surface area contributed by atoms with Gasteiger partial charge >= 0.3 is 6.18 Å². The van der Waals surface area contributed by atoms with Gasteiger partial charge in [-0.2, -0.15) is 13.2 Å². The summed E-state index contributed by atoms with van der Waals surface area (Å²) in [5.74, 6) is -0.369. The van der Waals surface area contributed by atoms with E-state index in [1.54, 1.807) is 6.07 Å². The number of hydrogen-bond donors (Lipinski definition) is 1. The highest BCUT2D eigenvalue weighted by atomic mass is 19.4. The van der Waals surface area contributed by atoms with Gasteiger partial charge in [-0.25, -0.2) is 0 Å². The van der Waals surface area contributed by atoms with Crippen molar-refractivity contribution in [2.45, 2.75) is 25.6 Å². The zero-order chi connectivity index (χ0) is 17.5. The van der Waals surface area contributed by atoms with Gasteiger partial charge in [-0.1, -0.05) is 18.2 Å². The van der Waals surface area contributed by atoms with Crippen LogP contribution in [0.4, 0.5) is 18.9 Å². The number of alkyl halides is 3. The van der Waals surface area contributed by atoms with Crippen molar-refractivity contribution >= 4 is 11.6 Å². The Hall–Kier alpha value is -2.34. The molecule has 1 aliphatic heterocycles. The molecule has 0 aliphatic carbocycles. The number of hydrogen-bond acceptors (Lipinski definition) is 2. The molecule has 3 rings (SSSR count). The topological polar surface area (TPSA) is 40.5 Å². The molecule has 24 heavy (non-hydrogen) atoms. The number of para-hydroxylation sites is 1. The predicted molar refractivity (Wildman–Crippen MR) is 83.9 cm³/mol. The van der Waals surface area contributed by atoms with E-state index in [-0.39, 0.29) is 11.5 Å². The molecule has 0 fully saturated rings. The fraction of sp³-hybridized carbons (Fsp3) is 0.278. The van der Waals surface area contributed by atoms with Gasteiger partial charge in [0.1, 0.15) is 0 Å². The lowest BCUT2D eigenvalue weighted by atomic mass is 9.95. The first kappa shape index (κ1) is 16.5. The molecule has 1 unspecified atom stereocenters. The van der Waals surface area contributed by atoms with E-state index in [4.69, 9.17) is 0 Å². The lowest BCUT2D eigenvalue weighted by molar-refractivity contribution is -0.137. The minimum absolute atomic E-state index is 0.189. The first-order chi connectivity index (χ1) is 11.3. The highest BCUT2D eigenvalue weighted by Gasteiger charge is 2.32. The molecule has 0 radical (unpaired) electrons. The SMILES string of the molecule is Cc1cccc2c1N(C(=O)c1ccc(C(F)(F)F)cc1)CCC2O. The molecule has 0 spiro atoms. The quantitative estimate of drug-likeness (QED) is 0.852. The van der Waals surface area contributed by atoms with Crippen LogP contribution in [-0.4, -0.2) is 17.6 Å². The summed E-state index contributed by atoms with van der Waals surface area (Å²) in [6, 6.07) is 9.60. The number of aryl methyl sites for hydroxylation is 1. The van der Waals surface area contributed by atoms with Crippen LogP contribution < -0.4 is 4.90 Å². The lowest BCUT2D eigenvalue weighted by Gasteiger charge is -2.33. The Labute approximate surface area is 137 Å². The van der Waals surface area contributed by atoms with Crippen molar-refractivity contribution in [1.82, 2.24) is 0 Å². The Balaban J connectivity index is 1.96. The van der Waals surface area contributed by atoms with Crippen LogP contribution >= 0.6 is 0 Å². The Morgan fingerprint density at radius 1 is 1.17 bits per heavy atom. The maximum atomic E-state index is 12.7. The number of anilines is 1. The van der Waals surface area contributed by atoms with E-state index in [2.05, 4.69) is 0 Å². The van der Waals surface area contributed by atoms with E-state index >= 15 is 0 Å². The predicted octanol–water partition coefficient (Wildman–Crippen LogP) is 4.10. The van der Waals surface area contributed by atoms with E-state index in [1.807, 2.05) is 19.1 Å². The van der Waals surface area contributed by atoms with Gasteiger partial charge in [-0.05, 0) is 43.2 Å². The van der Waals surface area contributed by atoms with Crippen LogP contribution in [0.2, 0.25) is 0 Å².